The van der Waals surface area contributed by atoms with Crippen LogP contribution in [-0.4, -0.2) is 56.3 Å². The van der Waals surface area contributed by atoms with Crippen LogP contribution in [0.15, 0.2) is 5.38 Å². The third kappa shape index (κ3) is 5.16. The Labute approximate surface area is 123 Å². The van der Waals surface area contributed by atoms with Gasteiger partial charge in [0.15, 0.2) is 0 Å². The Morgan fingerprint density at radius 2 is 2.10 bits per heavy atom. The summed E-state index contributed by atoms with van der Waals surface area (Å²) in [5, 5.41) is 2.54. The maximum absolute atomic E-state index is 12.4. The summed E-state index contributed by atoms with van der Waals surface area (Å²) in [6, 6.07) is -0.150. The number of hydrogen-bond donors (Lipinski definition) is 1. The van der Waals surface area contributed by atoms with Crippen molar-refractivity contribution in [3.63, 3.8) is 0 Å². The zero-order valence-electron chi connectivity index (χ0n) is 12.3. The normalized spacial score (nSPS) is 12.4. The van der Waals surface area contributed by atoms with Gasteiger partial charge in [-0.1, -0.05) is 0 Å². The van der Waals surface area contributed by atoms with Gasteiger partial charge in [0, 0.05) is 39.3 Å². The molecule has 1 heterocycles. The number of aromatic nitrogens is 1. The number of methoxy groups -OCH3 is 2. The highest BCUT2D eigenvalue weighted by molar-refractivity contribution is 7.09. The summed E-state index contributed by atoms with van der Waals surface area (Å²) in [4.78, 5) is 18.4. The largest absolute Gasteiger partial charge is 0.385 e. The molecule has 0 bridgehead atoms. The van der Waals surface area contributed by atoms with Crippen molar-refractivity contribution in [2.75, 3.05) is 40.5 Å². The smallest absolute Gasteiger partial charge is 0.273 e. The van der Waals surface area contributed by atoms with Crippen molar-refractivity contribution in [2.24, 2.45) is 5.73 Å². The van der Waals surface area contributed by atoms with Gasteiger partial charge in [0.25, 0.3) is 5.91 Å². The van der Waals surface area contributed by atoms with E-state index in [-0.39, 0.29) is 11.9 Å². The van der Waals surface area contributed by atoms with Gasteiger partial charge in [0.2, 0.25) is 0 Å². The Morgan fingerprint density at radius 1 is 1.40 bits per heavy atom. The van der Waals surface area contributed by atoms with Crippen LogP contribution in [0.2, 0.25) is 0 Å². The third-order valence-corrected chi connectivity index (χ3v) is 3.81. The molecule has 1 aromatic heterocycles. The van der Waals surface area contributed by atoms with Gasteiger partial charge in [-0.3, -0.25) is 4.79 Å². The third-order valence-electron chi connectivity index (χ3n) is 2.76. The van der Waals surface area contributed by atoms with Crippen molar-refractivity contribution < 1.29 is 14.3 Å². The van der Waals surface area contributed by atoms with E-state index >= 15 is 0 Å². The van der Waals surface area contributed by atoms with Gasteiger partial charge in [-0.2, -0.15) is 0 Å². The molecule has 114 valence electrons. The van der Waals surface area contributed by atoms with Gasteiger partial charge >= 0.3 is 0 Å². The fourth-order valence-corrected chi connectivity index (χ4v) is 2.42. The molecular formula is C13H23N3O3S. The van der Waals surface area contributed by atoms with Crippen LogP contribution in [0.25, 0.3) is 0 Å². The number of hydrogen-bond acceptors (Lipinski definition) is 6. The average molecular weight is 301 g/mol. The second-order valence-electron chi connectivity index (χ2n) is 4.49. The van der Waals surface area contributed by atoms with Crippen molar-refractivity contribution in [1.29, 1.82) is 0 Å². The van der Waals surface area contributed by atoms with E-state index in [0.717, 1.165) is 11.4 Å². The molecule has 0 aliphatic rings. The van der Waals surface area contributed by atoms with Crippen molar-refractivity contribution in [3.05, 3.63) is 16.1 Å². The van der Waals surface area contributed by atoms with E-state index in [1.165, 1.54) is 11.3 Å². The van der Waals surface area contributed by atoms with Crippen molar-refractivity contribution in [1.82, 2.24) is 9.88 Å². The van der Waals surface area contributed by atoms with Crippen molar-refractivity contribution in [2.45, 2.75) is 19.4 Å². The molecule has 1 amide bonds. The highest BCUT2D eigenvalue weighted by atomic mass is 32.1. The molecule has 7 heteroatoms. The zero-order chi connectivity index (χ0) is 15.0. The van der Waals surface area contributed by atoms with E-state index < -0.39 is 0 Å². The monoisotopic (exact) mass is 301 g/mol. The van der Waals surface area contributed by atoms with Crippen LogP contribution in [-0.2, 0) is 9.47 Å². The molecule has 0 saturated heterocycles. The first-order valence-electron chi connectivity index (χ1n) is 6.58. The fraction of sp³-hybridized carbons (Fsp3) is 0.692. The summed E-state index contributed by atoms with van der Waals surface area (Å²) in [5.41, 5.74) is 6.22. The Hall–Kier alpha value is -1.02. The van der Waals surface area contributed by atoms with Gasteiger partial charge < -0.3 is 20.1 Å². The molecule has 6 nitrogen and oxygen atoms in total. The number of rotatable bonds is 9. The number of carbonyl (C=O) groups excluding carboxylic acids is 1. The van der Waals surface area contributed by atoms with Gasteiger partial charge in [0.1, 0.15) is 10.7 Å². The predicted octanol–water partition coefficient (Wildman–Crippen LogP) is 1.29. The minimum atomic E-state index is -0.150. The van der Waals surface area contributed by atoms with Crippen LogP contribution in [0.3, 0.4) is 0 Å². The Balaban J connectivity index is 2.68. The lowest BCUT2D eigenvalue weighted by molar-refractivity contribution is 0.0669. The van der Waals surface area contributed by atoms with Crippen LogP contribution in [0.1, 0.15) is 34.9 Å². The first-order valence-corrected chi connectivity index (χ1v) is 7.46. The van der Waals surface area contributed by atoms with Gasteiger partial charge in [0.05, 0.1) is 12.6 Å². The van der Waals surface area contributed by atoms with Crippen LogP contribution in [0, 0.1) is 0 Å². The Kier molecular flexibility index (Phi) is 7.68. The molecule has 2 N–H and O–H groups in total. The molecule has 0 radical (unpaired) electrons. The number of ether oxygens (including phenoxy) is 2. The summed E-state index contributed by atoms with van der Waals surface area (Å²) in [7, 11) is 3.27. The maximum Gasteiger partial charge on any atom is 0.273 e. The van der Waals surface area contributed by atoms with Crippen LogP contribution < -0.4 is 5.73 Å². The Bertz CT molecular complexity index is 409. The topological polar surface area (TPSA) is 77.7 Å². The standard InChI is InChI=1S/C13H23N3O3S/c1-10(14)12-15-11(9-20-12)13(17)16(6-8-19-3)5-4-7-18-2/h9-10H,4-8,14H2,1-3H3. The number of nitrogens with zero attached hydrogens (tertiary/aromatic N) is 2. The SMILES string of the molecule is COCCCN(CCOC)C(=O)c1csc(C(C)N)n1. The molecular weight excluding hydrogens is 278 g/mol. The second kappa shape index (κ2) is 9.02. The quantitative estimate of drug-likeness (QED) is 0.695. The zero-order valence-corrected chi connectivity index (χ0v) is 13.1. The highest BCUT2D eigenvalue weighted by Gasteiger charge is 2.19. The number of carbonyl (C=O) groups is 1. The molecule has 0 aliphatic heterocycles. The summed E-state index contributed by atoms with van der Waals surface area (Å²) >= 11 is 1.42. The number of amides is 1. The molecule has 1 aromatic rings. The number of thiazole rings is 1. The van der Waals surface area contributed by atoms with Crippen LogP contribution >= 0.6 is 11.3 Å². The maximum atomic E-state index is 12.4. The average Bonchev–Trinajstić information content (AvgIpc) is 2.92. The van der Waals surface area contributed by atoms with E-state index in [4.69, 9.17) is 15.2 Å². The van der Waals surface area contributed by atoms with E-state index in [1.54, 1.807) is 24.5 Å². The first-order chi connectivity index (χ1) is 9.60. The summed E-state index contributed by atoms with van der Waals surface area (Å²) in [6.45, 7) is 4.15. The lowest BCUT2D eigenvalue weighted by atomic mass is 10.3. The molecule has 0 aromatic carbocycles. The summed E-state index contributed by atoms with van der Waals surface area (Å²) < 4.78 is 10.1. The molecule has 1 atom stereocenters. The van der Waals surface area contributed by atoms with Crippen LogP contribution in [0.5, 0.6) is 0 Å². The van der Waals surface area contributed by atoms with E-state index in [9.17, 15) is 4.79 Å². The molecule has 0 spiro atoms. The Morgan fingerprint density at radius 3 is 2.65 bits per heavy atom. The molecule has 0 aliphatic carbocycles. The minimum absolute atomic E-state index is 0.0821. The van der Waals surface area contributed by atoms with E-state index in [2.05, 4.69) is 4.98 Å². The van der Waals surface area contributed by atoms with E-state index in [0.29, 0.717) is 32.0 Å². The predicted molar refractivity (Wildman–Crippen MR) is 79.0 cm³/mol. The second-order valence-corrected chi connectivity index (χ2v) is 5.38. The molecule has 1 unspecified atom stereocenters. The highest BCUT2D eigenvalue weighted by Crippen LogP contribution is 2.17. The minimum Gasteiger partial charge on any atom is -0.385 e. The summed E-state index contributed by atoms with van der Waals surface area (Å²) in [5.74, 6) is -0.0821. The van der Waals surface area contributed by atoms with Crippen LogP contribution in [0.4, 0.5) is 0 Å². The van der Waals surface area contributed by atoms with Gasteiger partial charge in [-0.25, -0.2) is 4.98 Å². The molecule has 0 saturated carbocycles. The van der Waals surface area contributed by atoms with Crippen molar-refractivity contribution in [3.8, 4) is 0 Å². The fourth-order valence-electron chi connectivity index (χ4n) is 1.67. The molecule has 20 heavy (non-hydrogen) atoms. The molecule has 1 rings (SSSR count). The van der Waals surface area contributed by atoms with Gasteiger partial charge in [-0.15, -0.1) is 11.3 Å². The van der Waals surface area contributed by atoms with E-state index in [1.807, 2.05) is 6.92 Å². The lowest BCUT2D eigenvalue weighted by Crippen LogP contribution is -2.35. The lowest BCUT2D eigenvalue weighted by Gasteiger charge is -2.21. The molecule has 0 fully saturated rings. The summed E-state index contributed by atoms with van der Waals surface area (Å²) in [6.07, 6.45) is 0.788. The first kappa shape index (κ1) is 17.0. The number of nitrogens with two attached hydrogens (primary N) is 1. The van der Waals surface area contributed by atoms with Crippen molar-refractivity contribution >= 4 is 17.2 Å². The van der Waals surface area contributed by atoms with Gasteiger partial charge in [-0.05, 0) is 13.3 Å².